The number of nitrogens with one attached hydrogen (secondary N) is 1. The number of allylic oxidation sites excluding steroid dienone is 1. The Kier molecular flexibility index (Phi) is 8.56. The van der Waals surface area contributed by atoms with Crippen LogP contribution in [0.5, 0.6) is 11.5 Å². The van der Waals surface area contributed by atoms with Crippen molar-refractivity contribution in [1.29, 1.82) is 0 Å². The van der Waals surface area contributed by atoms with Gasteiger partial charge >= 0.3 is 5.97 Å². The summed E-state index contributed by atoms with van der Waals surface area (Å²) in [6.07, 6.45) is 6.97. The Bertz CT molecular complexity index is 1650. The lowest BCUT2D eigenvalue weighted by Crippen LogP contribution is -2.49. The number of carboxylic acid groups (broad SMARTS) is 1. The van der Waals surface area contributed by atoms with Gasteiger partial charge in [0.1, 0.15) is 33.8 Å². The number of amides is 2. The van der Waals surface area contributed by atoms with E-state index in [0.717, 1.165) is 35.4 Å². The zero-order chi connectivity index (χ0) is 31.9. The number of methoxy groups -OCH3 is 1. The van der Waals surface area contributed by atoms with Gasteiger partial charge < -0.3 is 24.8 Å². The van der Waals surface area contributed by atoms with E-state index in [2.05, 4.69) is 19.2 Å². The largest absolute Gasteiger partial charge is 0.497 e. The van der Waals surface area contributed by atoms with Crippen molar-refractivity contribution in [3.63, 3.8) is 0 Å². The van der Waals surface area contributed by atoms with Crippen molar-refractivity contribution in [3.8, 4) is 22.2 Å². The van der Waals surface area contributed by atoms with E-state index >= 15 is 0 Å². The Labute approximate surface area is 266 Å². The first kappa shape index (κ1) is 31.0. The molecule has 2 aliphatic carbocycles. The number of carbonyl (C=O) groups is 3. The summed E-state index contributed by atoms with van der Waals surface area (Å²) >= 11 is 1.52. The number of benzene rings is 1. The number of rotatable bonds is 6. The van der Waals surface area contributed by atoms with E-state index in [1.54, 1.807) is 19.1 Å². The number of thiazole rings is 1. The maximum atomic E-state index is 13.8. The van der Waals surface area contributed by atoms with E-state index in [-0.39, 0.29) is 24.2 Å². The third-order valence-corrected chi connectivity index (χ3v) is 10.3. The van der Waals surface area contributed by atoms with Gasteiger partial charge in [0.05, 0.1) is 30.2 Å². The molecule has 11 heteroatoms. The molecule has 0 spiro atoms. The van der Waals surface area contributed by atoms with E-state index < -0.39 is 35.4 Å². The average molecular weight is 633 g/mol. The monoisotopic (exact) mass is 632 g/mol. The fourth-order valence-electron chi connectivity index (χ4n) is 6.55. The number of carbonyl (C=O) groups excluding carboxylic acids is 2. The molecule has 0 bridgehead atoms. The molecule has 3 heterocycles. The normalized spacial score (nSPS) is 27.1. The molecule has 1 aliphatic heterocycles. The topological polar surface area (TPSA) is 131 Å². The predicted octanol–water partition coefficient (Wildman–Crippen LogP) is 5.42. The lowest BCUT2D eigenvalue weighted by molar-refractivity contribution is -0.145. The van der Waals surface area contributed by atoms with Crippen LogP contribution in [0.4, 0.5) is 0 Å². The molecule has 45 heavy (non-hydrogen) atoms. The summed E-state index contributed by atoms with van der Waals surface area (Å²) in [5.41, 5.74) is 1.02. The molecule has 0 unspecified atom stereocenters. The standard InChI is InChI=1S/C34H40N4O6S/c1-19(2)28-18-45-31(36-28)27-16-29(23-11-10-21(43-4)15-26(23)35-27)44-22-13-24-25(14-22)32(40)38(3)12-8-6-5-7-9-20-17-34(20,33(41)42)37-30(24)39/h7,9-11,15-16,18-20,22,24-25H,5-6,8,12-14,17H2,1-4H3,(H,37,39)(H,41,42)/t20-,22-,24-,25-,34-/m1/s1. The van der Waals surface area contributed by atoms with Crippen LogP contribution >= 0.6 is 11.3 Å². The van der Waals surface area contributed by atoms with Crippen LogP contribution in [0.1, 0.15) is 64.0 Å². The molecule has 10 nitrogen and oxygen atoms in total. The van der Waals surface area contributed by atoms with E-state index in [9.17, 15) is 19.5 Å². The Balaban J connectivity index is 1.33. The lowest BCUT2D eigenvalue weighted by atomic mass is 9.93. The highest BCUT2D eigenvalue weighted by Crippen LogP contribution is 2.47. The molecule has 2 N–H and O–H groups in total. The summed E-state index contributed by atoms with van der Waals surface area (Å²) < 4.78 is 12.1. The Hall–Kier alpha value is -3.99. The van der Waals surface area contributed by atoms with Crippen molar-refractivity contribution in [2.75, 3.05) is 20.7 Å². The van der Waals surface area contributed by atoms with E-state index in [4.69, 9.17) is 19.4 Å². The number of aliphatic carboxylic acids is 1. The van der Waals surface area contributed by atoms with Crippen LogP contribution in [0.3, 0.4) is 0 Å². The summed E-state index contributed by atoms with van der Waals surface area (Å²) in [6.45, 7) is 4.79. The molecule has 2 aromatic heterocycles. The third-order valence-electron chi connectivity index (χ3n) is 9.38. The van der Waals surface area contributed by atoms with Gasteiger partial charge in [-0.05, 0) is 56.6 Å². The van der Waals surface area contributed by atoms with Crippen LogP contribution < -0.4 is 14.8 Å². The number of pyridine rings is 1. The molecule has 3 aliphatic rings. The Morgan fingerprint density at radius 2 is 1.96 bits per heavy atom. The summed E-state index contributed by atoms with van der Waals surface area (Å²) in [4.78, 5) is 51.2. The molecule has 3 aromatic rings. The van der Waals surface area contributed by atoms with Gasteiger partial charge in [-0.3, -0.25) is 9.59 Å². The molecule has 5 atom stereocenters. The van der Waals surface area contributed by atoms with Gasteiger partial charge in [-0.1, -0.05) is 26.0 Å². The highest BCUT2D eigenvalue weighted by molar-refractivity contribution is 7.13. The maximum absolute atomic E-state index is 13.8. The van der Waals surface area contributed by atoms with Crippen molar-refractivity contribution in [2.45, 2.75) is 69.9 Å². The minimum atomic E-state index is -1.33. The molecule has 238 valence electrons. The second-order valence-electron chi connectivity index (χ2n) is 12.8. The van der Waals surface area contributed by atoms with Crippen LogP contribution in [-0.4, -0.2) is 70.1 Å². The van der Waals surface area contributed by atoms with Gasteiger partial charge in [0.2, 0.25) is 11.8 Å². The van der Waals surface area contributed by atoms with Crippen LogP contribution in [0.25, 0.3) is 21.6 Å². The van der Waals surface area contributed by atoms with Gasteiger partial charge in [-0.15, -0.1) is 11.3 Å². The molecule has 0 saturated heterocycles. The zero-order valence-corrected chi connectivity index (χ0v) is 26.9. The molecule has 6 rings (SSSR count). The Morgan fingerprint density at radius 3 is 2.69 bits per heavy atom. The lowest BCUT2D eigenvalue weighted by Gasteiger charge is -2.26. The number of ether oxygens (including phenoxy) is 2. The first-order valence-electron chi connectivity index (χ1n) is 15.7. The maximum Gasteiger partial charge on any atom is 0.330 e. The van der Waals surface area contributed by atoms with Gasteiger partial charge in [0.25, 0.3) is 0 Å². The Morgan fingerprint density at radius 1 is 1.16 bits per heavy atom. The fraction of sp³-hybridized carbons (Fsp3) is 0.500. The van der Waals surface area contributed by atoms with Crippen LogP contribution in [0, 0.1) is 17.8 Å². The number of hydrogen-bond donors (Lipinski definition) is 2. The number of aromatic nitrogens is 2. The van der Waals surface area contributed by atoms with Crippen molar-refractivity contribution in [3.05, 3.63) is 47.5 Å². The van der Waals surface area contributed by atoms with Crippen LogP contribution in [-0.2, 0) is 14.4 Å². The molecule has 2 amide bonds. The number of fused-ring (bicyclic) bond motifs is 3. The van der Waals surface area contributed by atoms with Gasteiger partial charge in [-0.25, -0.2) is 14.8 Å². The molecule has 0 radical (unpaired) electrons. The number of hydrogen-bond acceptors (Lipinski definition) is 8. The predicted molar refractivity (Wildman–Crippen MR) is 171 cm³/mol. The summed E-state index contributed by atoms with van der Waals surface area (Å²) in [6, 6.07) is 7.48. The minimum absolute atomic E-state index is 0.111. The van der Waals surface area contributed by atoms with E-state index in [1.807, 2.05) is 41.8 Å². The van der Waals surface area contributed by atoms with Crippen molar-refractivity contribution >= 4 is 40.0 Å². The van der Waals surface area contributed by atoms with E-state index in [0.29, 0.717) is 42.1 Å². The fourth-order valence-corrected chi connectivity index (χ4v) is 7.49. The first-order chi connectivity index (χ1) is 21.6. The van der Waals surface area contributed by atoms with Crippen LogP contribution in [0.2, 0.25) is 0 Å². The van der Waals surface area contributed by atoms with Gasteiger partial charge in [-0.2, -0.15) is 0 Å². The van der Waals surface area contributed by atoms with Crippen LogP contribution in [0.15, 0.2) is 41.8 Å². The van der Waals surface area contributed by atoms with Crippen molar-refractivity contribution in [1.82, 2.24) is 20.2 Å². The third kappa shape index (κ3) is 6.14. The quantitative estimate of drug-likeness (QED) is 0.345. The molecule has 2 saturated carbocycles. The summed E-state index contributed by atoms with van der Waals surface area (Å²) in [5, 5.41) is 16.5. The second-order valence-corrected chi connectivity index (χ2v) is 13.7. The summed E-state index contributed by atoms with van der Waals surface area (Å²) in [5.74, 6) is -1.62. The highest BCUT2D eigenvalue weighted by Gasteiger charge is 2.61. The smallest absolute Gasteiger partial charge is 0.330 e. The molecule has 1 aromatic carbocycles. The highest BCUT2D eigenvalue weighted by atomic mass is 32.1. The van der Waals surface area contributed by atoms with Crippen molar-refractivity contribution < 1.29 is 29.0 Å². The first-order valence-corrected chi connectivity index (χ1v) is 16.6. The van der Waals surface area contributed by atoms with Gasteiger partial charge in [0, 0.05) is 42.4 Å². The number of carboxylic acids is 1. The zero-order valence-electron chi connectivity index (χ0n) is 26.1. The van der Waals surface area contributed by atoms with E-state index in [1.165, 1.54) is 11.3 Å². The molecular weight excluding hydrogens is 592 g/mol. The SMILES string of the molecule is COc1ccc2c(O[C@@H]3C[C@H]4C(=O)N[C@]5(C(=O)O)C[C@H]5C=CCCCCN(C)C(=O)[C@@H]4C3)cc(-c3nc(C(C)C)cs3)nc2c1. The summed E-state index contributed by atoms with van der Waals surface area (Å²) in [7, 11) is 3.38. The van der Waals surface area contributed by atoms with Gasteiger partial charge in [0.15, 0.2) is 0 Å². The van der Waals surface area contributed by atoms with Crippen molar-refractivity contribution in [2.24, 2.45) is 17.8 Å². The number of nitrogens with zero attached hydrogens (tertiary/aromatic N) is 3. The molecular formula is C34H40N4O6S. The minimum Gasteiger partial charge on any atom is -0.497 e. The second kappa shape index (κ2) is 12.4. The average Bonchev–Trinajstić information content (AvgIpc) is 3.33. The molecule has 2 fully saturated rings.